The Labute approximate surface area is 78.7 Å². The molecule has 1 unspecified atom stereocenters. The summed E-state index contributed by atoms with van der Waals surface area (Å²) in [6.07, 6.45) is 1.11. The van der Waals surface area contributed by atoms with Crippen LogP contribution >= 0.6 is 0 Å². The Morgan fingerprint density at radius 2 is 2.08 bits per heavy atom. The predicted octanol–water partition coefficient (Wildman–Crippen LogP) is 2.69. The molecule has 0 aliphatic carbocycles. The van der Waals surface area contributed by atoms with Crippen molar-refractivity contribution in [2.24, 2.45) is 11.0 Å². The quantitative estimate of drug-likeness (QED) is 0.657. The van der Waals surface area contributed by atoms with Gasteiger partial charge in [-0.15, -0.1) is 0 Å². The number of benzene rings is 1. The molecule has 2 nitrogen and oxygen atoms in total. The molecule has 0 amide bonds. The highest BCUT2D eigenvalue weighted by Crippen LogP contribution is 2.26. The summed E-state index contributed by atoms with van der Waals surface area (Å²) in [6, 6.07) is 8.14. The summed E-state index contributed by atoms with van der Waals surface area (Å²) in [4.78, 5) is 0. The first-order valence-electron chi connectivity index (χ1n) is 4.71. The van der Waals surface area contributed by atoms with Crippen LogP contribution in [0.25, 0.3) is 0 Å². The number of hydrogen-bond donors (Lipinski definition) is 0. The largest absolute Gasteiger partial charge is 0.154 e. The van der Waals surface area contributed by atoms with E-state index >= 15 is 0 Å². The number of fused-ring (bicyclic) bond motifs is 1. The van der Waals surface area contributed by atoms with Crippen LogP contribution < -0.4 is 5.43 Å². The fraction of sp³-hybridized carbons (Fsp3) is 0.364. The summed E-state index contributed by atoms with van der Waals surface area (Å²) < 4.78 is 0. The zero-order chi connectivity index (χ0) is 9.26. The van der Waals surface area contributed by atoms with Gasteiger partial charge in [-0.1, -0.05) is 32.0 Å². The second kappa shape index (κ2) is 3.21. The van der Waals surface area contributed by atoms with Crippen LogP contribution in [0.2, 0.25) is 0 Å². The molecule has 0 bridgehead atoms. The van der Waals surface area contributed by atoms with Crippen LogP contribution in [0.5, 0.6) is 0 Å². The van der Waals surface area contributed by atoms with Gasteiger partial charge in [-0.2, -0.15) is 10.5 Å². The van der Waals surface area contributed by atoms with Crippen molar-refractivity contribution in [3.8, 4) is 0 Å². The Kier molecular flexibility index (Phi) is 2.05. The second-order valence-corrected chi connectivity index (χ2v) is 3.41. The average Bonchev–Trinajstić information content (AvgIpc) is 2.60. The monoisotopic (exact) mass is 173 g/mol. The molecule has 1 aromatic carbocycles. The van der Waals surface area contributed by atoms with Gasteiger partial charge in [0.05, 0.1) is 11.4 Å². The maximum Gasteiger partial charge on any atom is 0.0948 e. The minimum Gasteiger partial charge on any atom is -0.154 e. The SMILES string of the molecule is CCC(C)C1=N[N]c2ccccc21. The van der Waals surface area contributed by atoms with Crippen LogP contribution in [0.15, 0.2) is 29.4 Å². The van der Waals surface area contributed by atoms with Crippen molar-refractivity contribution in [3.05, 3.63) is 29.8 Å². The maximum atomic E-state index is 4.22. The fourth-order valence-electron chi connectivity index (χ4n) is 1.50. The van der Waals surface area contributed by atoms with Crippen LogP contribution in [0.1, 0.15) is 25.8 Å². The first-order chi connectivity index (χ1) is 6.33. The first kappa shape index (κ1) is 8.30. The van der Waals surface area contributed by atoms with Crippen LogP contribution in [-0.2, 0) is 0 Å². The van der Waals surface area contributed by atoms with Gasteiger partial charge in [-0.05, 0) is 12.5 Å². The Balaban J connectivity index is 2.36. The Hall–Kier alpha value is -1.31. The van der Waals surface area contributed by atoms with Crippen molar-refractivity contribution >= 4 is 11.4 Å². The number of hydrogen-bond acceptors (Lipinski definition) is 1. The third-order valence-electron chi connectivity index (χ3n) is 2.52. The summed E-state index contributed by atoms with van der Waals surface area (Å²) in [5, 5.41) is 4.22. The van der Waals surface area contributed by atoms with Gasteiger partial charge in [0.2, 0.25) is 0 Å². The normalized spacial score (nSPS) is 16.0. The lowest BCUT2D eigenvalue weighted by molar-refractivity contribution is 0.736. The summed E-state index contributed by atoms with van der Waals surface area (Å²) in [6.45, 7) is 4.37. The standard InChI is InChI=1S/C11H13N2/c1-3-8(2)11-9-6-4-5-7-10(9)12-13-11/h4-8H,3H2,1-2H3. The van der Waals surface area contributed by atoms with Crippen LogP contribution in [0, 0.1) is 5.92 Å². The zero-order valence-electron chi connectivity index (χ0n) is 7.99. The van der Waals surface area contributed by atoms with Crippen molar-refractivity contribution in [1.29, 1.82) is 0 Å². The first-order valence-corrected chi connectivity index (χ1v) is 4.71. The van der Waals surface area contributed by atoms with Gasteiger partial charge in [0, 0.05) is 11.5 Å². The van der Waals surface area contributed by atoms with Crippen molar-refractivity contribution in [3.63, 3.8) is 0 Å². The summed E-state index contributed by atoms with van der Waals surface area (Å²) in [5.41, 5.74) is 7.49. The average molecular weight is 173 g/mol. The van der Waals surface area contributed by atoms with E-state index < -0.39 is 0 Å². The lowest BCUT2D eigenvalue weighted by Crippen LogP contribution is -2.08. The summed E-state index contributed by atoms with van der Waals surface area (Å²) >= 11 is 0. The van der Waals surface area contributed by atoms with E-state index in [1.54, 1.807) is 0 Å². The number of rotatable bonds is 2. The molecule has 0 fully saturated rings. The Morgan fingerprint density at radius 1 is 1.31 bits per heavy atom. The topological polar surface area (TPSA) is 26.5 Å². The molecular weight excluding hydrogens is 160 g/mol. The Bertz CT molecular complexity index is 342. The van der Waals surface area contributed by atoms with Gasteiger partial charge in [-0.3, -0.25) is 0 Å². The molecule has 1 aliphatic heterocycles. The molecule has 0 aromatic heterocycles. The molecule has 67 valence electrons. The highest BCUT2D eigenvalue weighted by Gasteiger charge is 2.20. The minimum atomic E-state index is 0.507. The molecule has 1 radical (unpaired) electrons. The third kappa shape index (κ3) is 1.32. The van der Waals surface area contributed by atoms with E-state index in [0.717, 1.165) is 17.8 Å². The molecular formula is C11H13N2. The van der Waals surface area contributed by atoms with Crippen LogP contribution in [0.3, 0.4) is 0 Å². The van der Waals surface area contributed by atoms with Gasteiger partial charge in [-0.25, -0.2) is 0 Å². The molecule has 1 aromatic rings. The van der Waals surface area contributed by atoms with E-state index in [1.807, 2.05) is 18.2 Å². The van der Waals surface area contributed by atoms with Crippen molar-refractivity contribution in [1.82, 2.24) is 5.43 Å². The van der Waals surface area contributed by atoms with E-state index in [-0.39, 0.29) is 0 Å². The van der Waals surface area contributed by atoms with Crippen LogP contribution in [-0.4, -0.2) is 5.71 Å². The van der Waals surface area contributed by atoms with E-state index in [2.05, 4.69) is 30.4 Å². The van der Waals surface area contributed by atoms with Gasteiger partial charge in [0.15, 0.2) is 0 Å². The molecule has 0 saturated heterocycles. The second-order valence-electron chi connectivity index (χ2n) is 3.41. The molecule has 2 rings (SSSR count). The van der Waals surface area contributed by atoms with Gasteiger partial charge in [0.25, 0.3) is 0 Å². The van der Waals surface area contributed by atoms with E-state index in [4.69, 9.17) is 0 Å². The fourth-order valence-corrected chi connectivity index (χ4v) is 1.50. The van der Waals surface area contributed by atoms with Gasteiger partial charge < -0.3 is 0 Å². The van der Waals surface area contributed by atoms with Crippen molar-refractivity contribution < 1.29 is 0 Å². The Morgan fingerprint density at radius 3 is 2.85 bits per heavy atom. The van der Waals surface area contributed by atoms with Gasteiger partial charge in [0.1, 0.15) is 0 Å². The summed E-state index contributed by atoms with van der Waals surface area (Å²) in [5.74, 6) is 0.507. The lowest BCUT2D eigenvalue weighted by Gasteiger charge is -2.07. The van der Waals surface area contributed by atoms with Crippen LogP contribution in [0.4, 0.5) is 5.69 Å². The lowest BCUT2D eigenvalue weighted by atomic mass is 9.96. The summed E-state index contributed by atoms with van der Waals surface area (Å²) in [7, 11) is 0. The minimum absolute atomic E-state index is 0.507. The van der Waals surface area contributed by atoms with E-state index in [9.17, 15) is 0 Å². The van der Waals surface area contributed by atoms with E-state index in [0.29, 0.717) is 5.92 Å². The van der Waals surface area contributed by atoms with E-state index in [1.165, 1.54) is 5.56 Å². The highest BCUT2D eigenvalue weighted by molar-refractivity contribution is 6.07. The predicted molar refractivity (Wildman–Crippen MR) is 54.2 cm³/mol. The maximum absolute atomic E-state index is 4.22. The molecule has 1 aliphatic rings. The molecule has 2 heteroatoms. The van der Waals surface area contributed by atoms with Gasteiger partial charge >= 0.3 is 0 Å². The number of nitrogens with zero attached hydrogens (tertiary/aromatic N) is 2. The van der Waals surface area contributed by atoms with Crippen molar-refractivity contribution in [2.45, 2.75) is 20.3 Å². The molecule has 0 saturated carbocycles. The third-order valence-corrected chi connectivity index (χ3v) is 2.52. The molecule has 13 heavy (non-hydrogen) atoms. The molecule has 1 atom stereocenters. The molecule has 0 spiro atoms. The smallest absolute Gasteiger partial charge is 0.0948 e. The van der Waals surface area contributed by atoms with Crippen molar-refractivity contribution in [2.75, 3.05) is 0 Å². The molecule has 0 N–H and O–H groups in total. The zero-order valence-corrected chi connectivity index (χ0v) is 7.99. The highest BCUT2D eigenvalue weighted by atomic mass is 15.3. The molecule has 1 heterocycles.